The van der Waals surface area contributed by atoms with Crippen molar-refractivity contribution in [3.05, 3.63) is 30.5 Å². The molecule has 17 nitrogen and oxygen atoms in total. The zero-order chi connectivity index (χ0) is 42.3. The van der Waals surface area contributed by atoms with Gasteiger partial charge in [-0.05, 0) is 81.0 Å². The van der Waals surface area contributed by atoms with Crippen molar-refractivity contribution in [3.8, 4) is 11.6 Å². The summed E-state index contributed by atoms with van der Waals surface area (Å²) in [5, 5.41) is 7.12. The summed E-state index contributed by atoms with van der Waals surface area (Å²) < 4.78 is 56.1. The number of likely N-dealkylation sites (tertiary alicyclic amines) is 1. The number of methoxy groups -OCH3 is 1. The average Bonchev–Trinajstić information content (AvgIpc) is 4.01. The third kappa shape index (κ3) is 10.1. The summed E-state index contributed by atoms with van der Waals surface area (Å²) in [6, 6.07) is 4.92. The molecule has 2 aromatic rings. The zero-order valence-electron chi connectivity index (χ0n) is 34.7. The number of hydrogen-bond acceptors (Lipinski definition) is 13. The fourth-order valence-corrected chi connectivity index (χ4v) is 8.94. The van der Waals surface area contributed by atoms with Crippen molar-refractivity contribution in [3.63, 3.8) is 0 Å². The lowest BCUT2D eigenvalue weighted by Crippen LogP contribution is -2.60. The van der Waals surface area contributed by atoms with Crippen molar-refractivity contribution in [2.45, 2.75) is 115 Å². The average molecular weight is 831 g/mol. The highest BCUT2D eigenvalue weighted by atomic mass is 32.2. The van der Waals surface area contributed by atoms with E-state index in [1.807, 2.05) is 29.8 Å². The highest BCUT2D eigenvalue weighted by molar-refractivity contribution is 7.85. The van der Waals surface area contributed by atoms with Crippen LogP contribution < -0.4 is 24.8 Å². The summed E-state index contributed by atoms with van der Waals surface area (Å²) in [5.74, 6) is -1.58. The number of morpholine rings is 1. The first kappa shape index (κ1) is 43.3. The van der Waals surface area contributed by atoms with Gasteiger partial charge in [-0.2, -0.15) is 8.42 Å². The number of ether oxygens (including phenoxy) is 4. The van der Waals surface area contributed by atoms with E-state index in [4.69, 9.17) is 23.1 Å². The maximum Gasteiger partial charge on any atom is 0.408 e. The van der Waals surface area contributed by atoms with Gasteiger partial charge >= 0.3 is 16.4 Å². The van der Waals surface area contributed by atoms with Gasteiger partial charge in [0.15, 0.2) is 0 Å². The van der Waals surface area contributed by atoms with Crippen molar-refractivity contribution < 1.29 is 50.7 Å². The van der Waals surface area contributed by atoms with E-state index in [2.05, 4.69) is 20.5 Å². The van der Waals surface area contributed by atoms with Gasteiger partial charge in [0.05, 0.1) is 32.5 Å². The van der Waals surface area contributed by atoms with Crippen LogP contribution in [0.3, 0.4) is 0 Å². The number of nitrogens with one attached hydrogen (secondary N) is 3. The molecule has 4 fully saturated rings. The van der Waals surface area contributed by atoms with Crippen LogP contribution in [-0.2, 0) is 38.3 Å². The molecular weight excluding hydrogens is 773 g/mol. The minimum Gasteiger partial charge on any atom is -0.497 e. The molecule has 0 radical (unpaired) electrons. The normalized spacial score (nSPS) is 25.0. The van der Waals surface area contributed by atoms with Crippen molar-refractivity contribution in [2.24, 2.45) is 11.3 Å². The summed E-state index contributed by atoms with van der Waals surface area (Å²) in [4.78, 5) is 64.4. The van der Waals surface area contributed by atoms with Gasteiger partial charge < -0.3 is 34.5 Å². The number of rotatable bonds is 15. The molecule has 1 aromatic carbocycles. The van der Waals surface area contributed by atoms with E-state index < -0.39 is 74.5 Å². The molecule has 6 rings (SSSR count). The molecule has 2 saturated heterocycles. The monoisotopic (exact) mass is 830 g/mol. The second-order valence-electron chi connectivity index (χ2n) is 17.9. The molecule has 0 bridgehead atoms. The Labute approximate surface area is 340 Å². The molecule has 0 spiro atoms. The molecule has 3 N–H and O–H groups in total. The van der Waals surface area contributed by atoms with E-state index in [1.165, 1.54) is 4.90 Å². The molecule has 58 heavy (non-hydrogen) atoms. The number of amides is 4. The predicted molar refractivity (Wildman–Crippen MR) is 212 cm³/mol. The van der Waals surface area contributed by atoms with Crippen LogP contribution in [0.15, 0.2) is 30.5 Å². The number of alkyl carbamates (subject to hydrolysis) is 1. The molecule has 2 aliphatic heterocycles. The Morgan fingerprint density at radius 3 is 2.40 bits per heavy atom. The molecular formula is C40H58N6O11S. The minimum absolute atomic E-state index is 0.00788. The van der Waals surface area contributed by atoms with Crippen LogP contribution in [0.5, 0.6) is 11.6 Å². The molecule has 5 atom stereocenters. The number of carbonyl (C=O) groups is 4. The summed E-state index contributed by atoms with van der Waals surface area (Å²) in [6.07, 6.45) is 1.80. The van der Waals surface area contributed by atoms with Crippen LogP contribution in [0.2, 0.25) is 0 Å². The van der Waals surface area contributed by atoms with Crippen LogP contribution in [0, 0.1) is 11.3 Å². The molecule has 3 heterocycles. The van der Waals surface area contributed by atoms with Gasteiger partial charge in [-0.25, -0.2) is 18.7 Å². The first-order chi connectivity index (χ1) is 27.2. The first-order valence-electron chi connectivity index (χ1n) is 20.0. The number of hydrogen-bond donors (Lipinski definition) is 3. The Balaban J connectivity index is 1.25. The van der Waals surface area contributed by atoms with E-state index in [0.29, 0.717) is 63.2 Å². The van der Waals surface area contributed by atoms with Gasteiger partial charge in [-0.1, -0.05) is 34.1 Å². The van der Waals surface area contributed by atoms with Crippen LogP contribution in [-0.4, -0.2) is 128 Å². The Morgan fingerprint density at radius 1 is 1.07 bits per heavy atom. The van der Waals surface area contributed by atoms with Crippen molar-refractivity contribution >= 4 is 44.9 Å². The van der Waals surface area contributed by atoms with E-state index in [0.717, 1.165) is 5.39 Å². The van der Waals surface area contributed by atoms with Gasteiger partial charge in [0.25, 0.3) is 5.91 Å². The Kier molecular flexibility index (Phi) is 12.3. The van der Waals surface area contributed by atoms with Gasteiger partial charge in [-0.15, -0.1) is 0 Å². The maximum absolute atomic E-state index is 14.8. The number of benzene rings is 1. The minimum atomic E-state index is -4.47. The molecule has 3 unspecified atom stereocenters. The number of aromatic nitrogens is 1. The SMILES string of the molecule is CC[C@@H]1C[C@]1(NC(=O)C1CC(Oc2nccc3cc(OC)ccc23)CN1C(=O)C(NC(=O)OC(C)(C)CN1CCOCC1)C(C)(C)C)C(=O)NS(=O)(=O)OC1(C)CC1. The zero-order valence-corrected chi connectivity index (χ0v) is 35.5. The largest absolute Gasteiger partial charge is 0.497 e. The highest BCUT2D eigenvalue weighted by Crippen LogP contribution is 2.47. The van der Waals surface area contributed by atoms with E-state index in [9.17, 15) is 27.6 Å². The number of nitrogens with zero attached hydrogens (tertiary/aromatic N) is 3. The van der Waals surface area contributed by atoms with Gasteiger partial charge in [0.1, 0.15) is 35.1 Å². The molecule has 4 amide bonds. The maximum atomic E-state index is 14.8. The summed E-state index contributed by atoms with van der Waals surface area (Å²) >= 11 is 0. The molecule has 18 heteroatoms. The highest BCUT2D eigenvalue weighted by Gasteiger charge is 2.62. The van der Waals surface area contributed by atoms with E-state index in [1.54, 1.807) is 60.9 Å². The quantitative estimate of drug-likeness (QED) is 0.237. The van der Waals surface area contributed by atoms with Gasteiger partial charge in [0, 0.05) is 37.6 Å². The molecule has 320 valence electrons. The lowest BCUT2D eigenvalue weighted by molar-refractivity contribution is -0.143. The Morgan fingerprint density at radius 2 is 1.78 bits per heavy atom. The predicted octanol–water partition coefficient (Wildman–Crippen LogP) is 3.06. The molecule has 4 aliphatic rings. The molecule has 2 aliphatic carbocycles. The molecule has 2 saturated carbocycles. The molecule has 1 aromatic heterocycles. The van der Waals surface area contributed by atoms with Gasteiger partial charge in [-0.3, -0.25) is 19.3 Å². The van der Waals surface area contributed by atoms with Crippen LogP contribution in [0.25, 0.3) is 10.8 Å². The second kappa shape index (κ2) is 16.4. The second-order valence-corrected chi connectivity index (χ2v) is 19.1. The lowest BCUT2D eigenvalue weighted by Gasteiger charge is -2.37. The van der Waals surface area contributed by atoms with Crippen LogP contribution in [0.1, 0.15) is 80.6 Å². The fourth-order valence-electron chi connectivity index (χ4n) is 7.79. The lowest BCUT2D eigenvalue weighted by atomic mass is 9.85. The first-order valence-corrected chi connectivity index (χ1v) is 21.4. The Bertz CT molecular complexity index is 2000. The number of fused-ring (bicyclic) bond motifs is 1. The third-order valence-corrected chi connectivity index (χ3v) is 12.4. The van der Waals surface area contributed by atoms with Crippen molar-refractivity contribution in [1.29, 1.82) is 0 Å². The van der Waals surface area contributed by atoms with Crippen molar-refractivity contribution in [1.82, 2.24) is 30.1 Å². The summed E-state index contributed by atoms with van der Waals surface area (Å²) in [7, 11) is -2.90. The fraction of sp³-hybridized carbons (Fsp3) is 0.675. The smallest absolute Gasteiger partial charge is 0.408 e. The topological polar surface area (TPSA) is 204 Å². The standard InChI is InChI=1S/C40H58N6O11S/c1-9-26-22-40(26,35(49)44-58(51,52)57-39(7)13-14-39)43-32(47)30-21-28(55-33-29-11-10-27(53-8)20-25(29)12-15-41-33)23-46(30)34(48)31(37(2,3)4)42-36(50)56-38(5,6)24-45-16-18-54-19-17-45/h10-12,15,20,26,28,30-31H,9,13-14,16-19,21-24H2,1-8H3,(H,42,50)(H,43,47)(H,44,49)/t26-,28?,30?,31?,40-/m1/s1. The van der Waals surface area contributed by atoms with Gasteiger partial charge in [0.2, 0.25) is 17.7 Å². The van der Waals surface area contributed by atoms with Crippen LogP contribution in [0.4, 0.5) is 4.79 Å². The summed E-state index contributed by atoms with van der Waals surface area (Å²) in [5.41, 5.74) is -4.17. The third-order valence-electron chi connectivity index (χ3n) is 11.3. The number of carbonyl (C=O) groups excluding carboxylic acids is 4. The van der Waals surface area contributed by atoms with E-state index in [-0.39, 0.29) is 31.2 Å². The van der Waals surface area contributed by atoms with Crippen molar-refractivity contribution in [2.75, 3.05) is 46.5 Å². The van der Waals surface area contributed by atoms with E-state index >= 15 is 0 Å². The Hall–Kier alpha value is -4.26. The number of pyridine rings is 1. The van der Waals surface area contributed by atoms with Crippen LogP contribution >= 0.6 is 0 Å². The summed E-state index contributed by atoms with van der Waals surface area (Å²) in [6.45, 7) is 15.4.